The molecule has 0 aromatic heterocycles. The van der Waals surface area contributed by atoms with Crippen LogP contribution in [0.4, 0.5) is 5.69 Å². The summed E-state index contributed by atoms with van der Waals surface area (Å²) < 4.78 is 26.3. The van der Waals surface area contributed by atoms with E-state index in [1.54, 1.807) is 6.92 Å². The zero-order chi connectivity index (χ0) is 22.1. The molecule has 1 aliphatic carbocycles. The largest absolute Gasteiger partial charge is 0.348 e. The maximum Gasteiger partial charge on any atom is 0.244 e. The molecule has 30 heavy (non-hydrogen) atoms. The van der Waals surface area contributed by atoms with E-state index in [2.05, 4.69) is 17.4 Å². The summed E-state index contributed by atoms with van der Waals surface area (Å²) in [6.07, 6.45) is 4.67. The van der Waals surface area contributed by atoms with Crippen LogP contribution in [0.25, 0.3) is 0 Å². The third-order valence-corrected chi connectivity index (χ3v) is 7.03. The van der Waals surface area contributed by atoms with Gasteiger partial charge in [0, 0.05) is 10.0 Å². The first-order valence-corrected chi connectivity index (χ1v) is 12.6. The number of carbonyl (C=O) groups excluding carboxylic acids is 1. The Labute approximate surface area is 188 Å². The van der Waals surface area contributed by atoms with Gasteiger partial charge in [-0.2, -0.15) is 0 Å². The minimum atomic E-state index is -3.76. The van der Waals surface area contributed by atoms with Gasteiger partial charge >= 0.3 is 0 Å². The Kier molecular flexibility index (Phi) is 7.00. The molecule has 2 aromatic rings. The van der Waals surface area contributed by atoms with Crippen molar-refractivity contribution in [3.8, 4) is 0 Å². The Bertz CT molecular complexity index is 1040. The van der Waals surface area contributed by atoms with Gasteiger partial charge in [0.25, 0.3) is 0 Å². The monoisotopic (exact) mass is 468 g/mol. The lowest BCUT2D eigenvalue weighted by Gasteiger charge is -2.31. The number of nitrogens with one attached hydrogen (secondary N) is 1. The molecular weight excluding hydrogens is 443 g/mol. The fraction of sp³-hybridized carbons (Fsp3) is 0.409. The number of hydrogen-bond donors (Lipinski definition) is 1. The summed E-state index contributed by atoms with van der Waals surface area (Å²) >= 11 is 12.2. The van der Waals surface area contributed by atoms with E-state index in [9.17, 15) is 13.2 Å². The van der Waals surface area contributed by atoms with Crippen LogP contribution in [0.1, 0.15) is 49.4 Å². The number of rotatable bonds is 7. The van der Waals surface area contributed by atoms with Crippen molar-refractivity contribution < 1.29 is 13.2 Å². The molecule has 0 unspecified atom stereocenters. The summed E-state index contributed by atoms with van der Waals surface area (Å²) in [6, 6.07) is 9.62. The fourth-order valence-corrected chi connectivity index (χ4v) is 5.69. The number of amides is 1. The van der Waals surface area contributed by atoms with Crippen LogP contribution in [0.2, 0.25) is 10.0 Å². The molecule has 0 spiro atoms. The zero-order valence-corrected chi connectivity index (χ0v) is 19.6. The molecule has 0 aliphatic heterocycles. The number of fused-ring (bicyclic) bond motifs is 1. The third-order valence-electron chi connectivity index (χ3n) is 5.41. The lowest BCUT2D eigenvalue weighted by molar-refractivity contribution is -0.122. The van der Waals surface area contributed by atoms with Crippen molar-refractivity contribution in [1.82, 2.24) is 5.32 Å². The highest BCUT2D eigenvalue weighted by Gasteiger charge is 2.32. The van der Waals surface area contributed by atoms with Gasteiger partial charge in [0.2, 0.25) is 15.9 Å². The first kappa shape index (κ1) is 22.9. The predicted molar refractivity (Wildman–Crippen MR) is 123 cm³/mol. The maximum absolute atomic E-state index is 13.1. The lowest BCUT2D eigenvalue weighted by Crippen LogP contribution is -2.49. The number of carbonyl (C=O) groups is 1. The van der Waals surface area contributed by atoms with Crippen LogP contribution in [-0.2, 0) is 27.7 Å². The van der Waals surface area contributed by atoms with Gasteiger partial charge in [0.1, 0.15) is 6.04 Å². The molecule has 1 amide bonds. The molecule has 0 bridgehead atoms. The molecule has 3 rings (SSSR count). The highest BCUT2D eigenvalue weighted by atomic mass is 35.5. The van der Waals surface area contributed by atoms with E-state index >= 15 is 0 Å². The molecule has 0 saturated carbocycles. The summed E-state index contributed by atoms with van der Waals surface area (Å²) in [5.74, 6) is -0.368. The van der Waals surface area contributed by atoms with Crippen LogP contribution in [-0.4, -0.2) is 26.6 Å². The van der Waals surface area contributed by atoms with Crippen LogP contribution >= 0.6 is 23.2 Å². The van der Waals surface area contributed by atoms with Crippen LogP contribution in [0.15, 0.2) is 36.4 Å². The molecule has 8 heteroatoms. The summed E-state index contributed by atoms with van der Waals surface area (Å²) in [4.78, 5) is 13.1. The van der Waals surface area contributed by atoms with E-state index < -0.39 is 16.1 Å². The Morgan fingerprint density at radius 3 is 2.33 bits per heavy atom. The van der Waals surface area contributed by atoms with E-state index in [1.807, 2.05) is 13.0 Å². The Balaban J connectivity index is 1.87. The van der Waals surface area contributed by atoms with E-state index in [4.69, 9.17) is 23.2 Å². The molecule has 0 fully saturated rings. The number of sulfonamides is 1. The van der Waals surface area contributed by atoms with Crippen molar-refractivity contribution in [2.24, 2.45) is 0 Å². The van der Waals surface area contributed by atoms with Crippen LogP contribution < -0.4 is 9.62 Å². The lowest BCUT2D eigenvalue weighted by atomic mass is 10.0. The van der Waals surface area contributed by atoms with Gasteiger partial charge < -0.3 is 5.32 Å². The Morgan fingerprint density at radius 1 is 1.10 bits per heavy atom. The molecule has 2 aromatic carbocycles. The second-order valence-electron chi connectivity index (χ2n) is 7.72. The first-order chi connectivity index (χ1) is 14.1. The van der Waals surface area contributed by atoms with Gasteiger partial charge in [-0.15, -0.1) is 0 Å². The summed E-state index contributed by atoms with van der Waals surface area (Å²) in [7, 11) is -3.76. The molecule has 1 N–H and O–H groups in total. The Morgan fingerprint density at radius 2 is 1.73 bits per heavy atom. The highest BCUT2D eigenvalue weighted by molar-refractivity contribution is 7.92. The van der Waals surface area contributed by atoms with E-state index in [0.29, 0.717) is 16.5 Å². The van der Waals surface area contributed by atoms with Gasteiger partial charge in [-0.3, -0.25) is 9.10 Å². The number of aryl methyl sites for hydroxylation is 2. The van der Waals surface area contributed by atoms with Gasteiger partial charge in [-0.25, -0.2) is 8.42 Å². The second-order valence-corrected chi connectivity index (χ2v) is 10.5. The molecule has 162 valence electrons. The quantitative estimate of drug-likeness (QED) is 0.627. The van der Waals surface area contributed by atoms with Crippen molar-refractivity contribution in [2.45, 2.75) is 51.6 Å². The average Bonchev–Trinajstić information content (AvgIpc) is 3.11. The van der Waals surface area contributed by atoms with Crippen LogP contribution in [0.5, 0.6) is 0 Å². The molecule has 0 saturated heterocycles. The van der Waals surface area contributed by atoms with Gasteiger partial charge in [0.15, 0.2) is 0 Å². The van der Waals surface area contributed by atoms with Crippen molar-refractivity contribution in [2.75, 3.05) is 10.6 Å². The number of halogens is 2. The number of hydrogen-bond acceptors (Lipinski definition) is 3. The summed E-state index contributed by atoms with van der Waals surface area (Å²) in [5, 5.41) is 3.58. The maximum atomic E-state index is 13.1. The van der Waals surface area contributed by atoms with Gasteiger partial charge in [0.05, 0.1) is 18.0 Å². The van der Waals surface area contributed by atoms with E-state index in [-0.39, 0.29) is 17.6 Å². The normalized spacial score (nSPS) is 15.4. The first-order valence-electron chi connectivity index (χ1n) is 9.97. The minimum Gasteiger partial charge on any atom is -0.348 e. The molecule has 2 atom stereocenters. The average molecular weight is 469 g/mol. The van der Waals surface area contributed by atoms with E-state index in [1.165, 1.54) is 29.3 Å². The smallest absolute Gasteiger partial charge is 0.244 e. The van der Waals surface area contributed by atoms with Crippen molar-refractivity contribution in [3.63, 3.8) is 0 Å². The van der Waals surface area contributed by atoms with Crippen molar-refractivity contribution in [1.29, 1.82) is 0 Å². The zero-order valence-electron chi connectivity index (χ0n) is 17.3. The second kappa shape index (κ2) is 9.16. The fourth-order valence-electron chi connectivity index (χ4n) is 3.98. The van der Waals surface area contributed by atoms with Gasteiger partial charge in [-0.05, 0) is 67.5 Å². The molecule has 1 aliphatic rings. The topological polar surface area (TPSA) is 66.5 Å². The van der Waals surface area contributed by atoms with E-state index in [0.717, 1.165) is 35.4 Å². The van der Waals surface area contributed by atoms with Crippen LogP contribution in [0, 0.1) is 0 Å². The van der Waals surface area contributed by atoms with Crippen molar-refractivity contribution in [3.05, 3.63) is 63.1 Å². The number of nitrogens with zero attached hydrogens (tertiary/aromatic N) is 1. The minimum absolute atomic E-state index is 0.248. The standard InChI is InChI=1S/C22H26Cl2N2O3S/c1-4-21(26(30(3,28)29)20-12-18(23)11-19(24)13-20)22(27)25-14(2)16-9-8-15-6-5-7-17(15)10-16/h8-14,21H,4-7H2,1-3H3,(H,25,27)/t14-,21+/m1/s1. The van der Waals surface area contributed by atoms with Crippen molar-refractivity contribution >= 4 is 44.8 Å². The number of benzene rings is 2. The van der Waals surface area contributed by atoms with Gasteiger partial charge in [-0.1, -0.05) is 48.3 Å². The summed E-state index contributed by atoms with van der Waals surface area (Å²) in [6.45, 7) is 3.68. The molecule has 0 heterocycles. The summed E-state index contributed by atoms with van der Waals surface area (Å²) in [5.41, 5.74) is 3.97. The van der Waals surface area contributed by atoms with Crippen LogP contribution in [0.3, 0.4) is 0 Å². The molecule has 5 nitrogen and oxygen atoms in total. The molecule has 0 radical (unpaired) electrons. The third kappa shape index (κ3) is 5.10. The Hall–Kier alpha value is -1.76. The predicted octanol–water partition coefficient (Wildman–Crippen LogP) is 4.90. The molecular formula is C22H26Cl2N2O3S. The SMILES string of the molecule is CC[C@@H](C(=O)N[C@H](C)c1ccc2c(c1)CCC2)N(c1cc(Cl)cc(Cl)c1)S(C)(=O)=O. The highest BCUT2D eigenvalue weighted by Crippen LogP contribution is 2.30. The number of anilines is 1.